The molecule has 0 aliphatic heterocycles. The van der Waals surface area contributed by atoms with Crippen molar-refractivity contribution < 1.29 is 8.78 Å². The van der Waals surface area contributed by atoms with Gasteiger partial charge in [0.15, 0.2) is 17.3 Å². The average molecular weight is 273 g/mol. The van der Waals surface area contributed by atoms with E-state index in [9.17, 15) is 8.78 Å². The summed E-state index contributed by atoms with van der Waals surface area (Å²) in [4.78, 5) is 3.89. The molecule has 0 aliphatic rings. The van der Waals surface area contributed by atoms with Crippen molar-refractivity contribution in [2.75, 3.05) is 5.32 Å². The third-order valence-corrected chi connectivity index (χ3v) is 3.31. The number of rotatable bonds is 2. The van der Waals surface area contributed by atoms with Crippen LogP contribution in [0.4, 0.5) is 20.2 Å². The van der Waals surface area contributed by atoms with Crippen LogP contribution in [0.25, 0.3) is 5.65 Å². The van der Waals surface area contributed by atoms with E-state index in [0.717, 1.165) is 11.1 Å². The SMILES string of the molecule is Cc1cccc(C)c1Nc1c(F)cn2ccnc2c1F. The lowest BCUT2D eigenvalue weighted by atomic mass is 10.1. The maximum absolute atomic E-state index is 14.3. The first-order valence-corrected chi connectivity index (χ1v) is 6.22. The van der Waals surface area contributed by atoms with Crippen LogP contribution in [0.3, 0.4) is 0 Å². The van der Waals surface area contributed by atoms with E-state index in [1.54, 1.807) is 0 Å². The molecule has 0 atom stereocenters. The molecule has 0 spiro atoms. The van der Waals surface area contributed by atoms with Gasteiger partial charge in [0.2, 0.25) is 0 Å². The minimum absolute atomic E-state index is 0.0973. The first-order chi connectivity index (χ1) is 9.58. The fourth-order valence-electron chi connectivity index (χ4n) is 2.24. The summed E-state index contributed by atoms with van der Waals surface area (Å²) in [5, 5.41) is 2.86. The summed E-state index contributed by atoms with van der Waals surface area (Å²) >= 11 is 0. The minimum Gasteiger partial charge on any atom is -0.350 e. The highest BCUT2D eigenvalue weighted by Crippen LogP contribution is 2.29. The second-order valence-electron chi connectivity index (χ2n) is 4.72. The summed E-state index contributed by atoms with van der Waals surface area (Å²) < 4.78 is 29.7. The Labute approximate surface area is 114 Å². The van der Waals surface area contributed by atoms with Gasteiger partial charge in [-0.1, -0.05) is 18.2 Å². The lowest BCUT2D eigenvalue weighted by Crippen LogP contribution is -2.04. The molecule has 0 saturated heterocycles. The maximum atomic E-state index is 14.3. The molecule has 0 amide bonds. The number of benzene rings is 1. The number of pyridine rings is 1. The van der Waals surface area contributed by atoms with Crippen molar-refractivity contribution in [1.29, 1.82) is 0 Å². The van der Waals surface area contributed by atoms with Crippen LogP contribution >= 0.6 is 0 Å². The van der Waals surface area contributed by atoms with Gasteiger partial charge in [0, 0.05) is 24.3 Å². The second-order valence-corrected chi connectivity index (χ2v) is 4.72. The first kappa shape index (κ1) is 12.6. The maximum Gasteiger partial charge on any atom is 0.192 e. The molecule has 20 heavy (non-hydrogen) atoms. The first-order valence-electron chi connectivity index (χ1n) is 6.22. The van der Waals surface area contributed by atoms with Gasteiger partial charge in [-0.25, -0.2) is 13.8 Å². The van der Waals surface area contributed by atoms with Gasteiger partial charge in [-0.15, -0.1) is 0 Å². The molecule has 1 aromatic carbocycles. The molecule has 3 nitrogen and oxygen atoms in total. The Balaban J connectivity index is 2.15. The number of imidazole rings is 1. The van der Waals surface area contributed by atoms with Crippen LogP contribution in [0.5, 0.6) is 0 Å². The van der Waals surface area contributed by atoms with Crippen LogP contribution in [-0.2, 0) is 0 Å². The Morgan fingerprint density at radius 1 is 1.10 bits per heavy atom. The Bertz CT molecular complexity index is 773. The number of nitrogens with zero attached hydrogens (tertiary/aromatic N) is 2. The van der Waals surface area contributed by atoms with Crippen LogP contribution in [-0.4, -0.2) is 9.38 Å². The number of fused-ring (bicyclic) bond motifs is 1. The normalized spacial score (nSPS) is 11.0. The molecule has 0 unspecified atom stereocenters. The van der Waals surface area contributed by atoms with Gasteiger partial charge in [0.05, 0.1) is 0 Å². The van der Waals surface area contributed by atoms with E-state index in [2.05, 4.69) is 10.3 Å². The Morgan fingerprint density at radius 2 is 1.80 bits per heavy atom. The van der Waals surface area contributed by atoms with Crippen molar-refractivity contribution in [3.63, 3.8) is 0 Å². The van der Waals surface area contributed by atoms with Gasteiger partial charge in [0.1, 0.15) is 5.69 Å². The van der Waals surface area contributed by atoms with Gasteiger partial charge >= 0.3 is 0 Å². The molecule has 3 rings (SSSR count). The van der Waals surface area contributed by atoms with E-state index < -0.39 is 11.6 Å². The molecule has 2 aromatic heterocycles. The quantitative estimate of drug-likeness (QED) is 0.765. The lowest BCUT2D eigenvalue weighted by Gasteiger charge is -2.14. The molecule has 0 fully saturated rings. The zero-order valence-corrected chi connectivity index (χ0v) is 11.1. The summed E-state index contributed by atoms with van der Waals surface area (Å²) in [7, 11) is 0. The van der Waals surface area contributed by atoms with E-state index in [1.165, 1.54) is 23.0 Å². The standard InChI is InChI=1S/C15H13F2N3/c1-9-4-3-5-10(2)13(9)19-14-11(16)8-20-7-6-18-15(20)12(14)17/h3-8,19H,1-2H3. The van der Waals surface area contributed by atoms with Gasteiger partial charge in [-0.3, -0.25) is 0 Å². The molecule has 102 valence electrons. The average Bonchev–Trinajstić information content (AvgIpc) is 2.85. The Kier molecular flexibility index (Phi) is 2.89. The van der Waals surface area contributed by atoms with E-state index >= 15 is 0 Å². The number of aromatic nitrogens is 2. The second kappa shape index (κ2) is 4.59. The van der Waals surface area contributed by atoms with E-state index in [1.807, 2.05) is 32.0 Å². The highest BCUT2D eigenvalue weighted by atomic mass is 19.1. The monoisotopic (exact) mass is 273 g/mol. The fraction of sp³-hybridized carbons (Fsp3) is 0.133. The third-order valence-electron chi connectivity index (χ3n) is 3.31. The van der Waals surface area contributed by atoms with Crippen LogP contribution in [0.1, 0.15) is 11.1 Å². The van der Waals surface area contributed by atoms with Crippen LogP contribution in [0.15, 0.2) is 36.8 Å². The van der Waals surface area contributed by atoms with Crippen molar-refractivity contribution in [2.24, 2.45) is 0 Å². The summed E-state index contributed by atoms with van der Waals surface area (Å²) in [6, 6.07) is 5.68. The van der Waals surface area contributed by atoms with Crippen molar-refractivity contribution >= 4 is 17.0 Å². The highest BCUT2D eigenvalue weighted by Gasteiger charge is 2.16. The third kappa shape index (κ3) is 1.91. The van der Waals surface area contributed by atoms with Crippen LogP contribution in [0.2, 0.25) is 0 Å². The number of hydrogen-bond donors (Lipinski definition) is 1. The number of nitrogens with one attached hydrogen (secondary N) is 1. The summed E-state index contributed by atoms with van der Waals surface area (Å²) in [5.74, 6) is -1.35. The van der Waals surface area contributed by atoms with E-state index in [-0.39, 0.29) is 11.3 Å². The number of para-hydroxylation sites is 1. The van der Waals surface area contributed by atoms with Gasteiger partial charge in [-0.2, -0.15) is 0 Å². The molecule has 0 bridgehead atoms. The summed E-state index contributed by atoms with van der Waals surface area (Å²) in [6.07, 6.45) is 4.15. The number of anilines is 2. The molecular weight excluding hydrogens is 260 g/mol. The topological polar surface area (TPSA) is 29.3 Å². The molecule has 0 radical (unpaired) electrons. The smallest absolute Gasteiger partial charge is 0.192 e. The van der Waals surface area contributed by atoms with Crippen molar-refractivity contribution in [1.82, 2.24) is 9.38 Å². The predicted octanol–water partition coefficient (Wildman–Crippen LogP) is 3.97. The number of halogens is 2. The minimum atomic E-state index is -0.697. The molecule has 1 N–H and O–H groups in total. The highest BCUT2D eigenvalue weighted by molar-refractivity contribution is 5.70. The largest absolute Gasteiger partial charge is 0.350 e. The molecule has 3 aromatic rings. The van der Waals surface area contributed by atoms with E-state index in [4.69, 9.17) is 0 Å². The predicted molar refractivity (Wildman–Crippen MR) is 74.3 cm³/mol. The Hall–Kier alpha value is -2.43. The molecular formula is C15H13F2N3. The molecule has 2 heterocycles. The van der Waals surface area contributed by atoms with Gasteiger partial charge < -0.3 is 9.72 Å². The number of hydrogen-bond acceptors (Lipinski definition) is 2. The van der Waals surface area contributed by atoms with Gasteiger partial charge in [0.25, 0.3) is 0 Å². The van der Waals surface area contributed by atoms with Crippen molar-refractivity contribution in [2.45, 2.75) is 13.8 Å². The number of aryl methyl sites for hydroxylation is 2. The summed E-state index contributed by atoms with van der Waals surface area (Å²) in [5.41, 5.74) is 2.47. The molecule has 0 saturated carbocycles. The Morgan fingerprint density at radius 3 is 2.50 bits per heavy atom. The zero-order chi connectivity index (χ0) is 14.3. The fourth-order valence-corrected chi connectivity index (χ4v) is 2.24. The summed E-state index contributed by atoms with van der Waals surface area (Å²) in [6.45, 7) is 3.78. The lowest BCUT2D eigenvalue weighted by molar-refractivity contribution is 0.584. The van der Waals surface area contributed by atoms with Crippen molar-refractivity contribution in [3.8, 4) is 0 Å². The van der Waals surface area contributed by atoms with Crippen LogP contribution < -0.4 is 5.32 Å². The zero-order valence-electron chi connectivity index (χ0n) is 11.1. The van der Waals surface area contributed by atoms with Crippen LogP contribution in [0, 0.1) is 25.5 Å². The van der Waals surface area contributed by atoms with Gasteiger partial charge in [-0.05, 0) is 25.0 Å². The molecule has 5 heteroatoms. The van der Waals surface area contributed by atoms with E-state index in [0.29, 0.717) is 5.69 Å². The van der Waals surface area contributed by atoms with Crippen molar-refractivity contribution in [3.05, 3.63) is 59.6 Å². The molecule has 0 aliphatic carbocycles.